The lowest BCUT2D eigenvalue weighted by molar-refractivity contribution is 0.0632. The number of hydrogen-bond donors (Lipinski definition) is 0. The lowest BCUT2D eigenvalue weighted by atomic mass is 10.2. The van der Waals surface area contributed by atoms with Crippen LogP contribution >= 0.6 is 0 Å². The largest absolute Gasteiger partial charge is 0.475 e. The van der Waals surface area contributed by atoms with Crippen molar-refractivity contribution in [2.45, 2.75) is 39.4 Å². The minimum atomic E-state index is -0.147. The number of ether oxygens (including phenoxy) is 3. The van der Waals surface area contributed by atoms with E-state index >= 15 is 0 Å². The van der Waals surface area contributed by atoms with Gasteiger partial charge < -0.3 is 14.2 Å². The highest BCUT2D eigenvalue weighted by Gasteiger charge is 2.10. The van der Waals surface area contributed by atoms with Gasteiger partial charge in [0.1, 0.15) is 0 Å². The molecule has 7 heteroatoms. The normalized spacial score (nSPS) is 12.2. The van der Waals surface area contributed by atoms with Gasteiger partial charge >= 0.3 is 0 Å². The standard InChI is InChI=1S/C22H27N3O4/c1-17(9-12-27-10-6-11-28-16-19-7-4-3-5-8-19)29-22-13-20-14-24-25(18(2)26)21(20)15-23-22/h3-5,7-8,13-15,17H,6,9-12,16H2,1-2H3/t17-/m1/s1. The molecule has 1 atom stereocenters. The van der Waals surface area contributed by atoms with E-state index in [0.29, 0.717) is 37.8 Å². The summed E-state index contributed by atoms with van der Waals surface area (Å²) in [5.74, 6) is 0.369. The smallest absolute Gasteiger partial charge is 0.244 e. The van der Waals surface area contributed by atoms with E-state index in [-0.39, 0.29) is 12.0 Å². The van der Waals surface area contributed by atoms with Gasteiger partial charge in [0.2, 0.25) is 11.8 Å². The van der Waals surface area contributed by atoms with Gasteiger partial charge in [0.25, 0.3) is 0 Å². The van der Waals surface area contributed by atoms with E-state index in [1.165, 1.54) is 17.2 Å². The summed E-state index contributed by atoms with van der Waals surface area (Å²) in [5.41, 5.74) is 1.86. The SMILES string of the molecule is CC(=O)n1ncc2cc(O[C@H](C)CCOCCCOCc3ccccc3)ncc21. The number of pyridine rings is 1. The van der Waals surface area contributed by atoms with Crippen molar-refractivity contribution in [1.29, 1.82) is 0 Å². The highest BCUT2D eigenvalue weighted by atomic mass is 16.5. The van der Waals surface area contributed by atoms with Crippen molar-refractivity contribution in [1.82, 2.24) is 14.8 Å². The van der Waals surface area contributed by atoms with Crippen LogP contribution < -0.4 is 4.74 Å². The molecule has 3 rings (SSSR count). The van der Waals surface area contributed by atoms with Gasteiger partial charge in [-0.15, -0.1) is 0 Å². The van der Waals surface area contributed by atoms with E-state index in [4.69, 9.17) is 14.2 Å². The lowest BCUT2D eigenvalue weighted by Gasteiger charge is -2.14. The third-order valence-corrected chi connectivity index (χ3v) is 4.41. The summed E-state index contributed by atoms with van der Waals surface area (Å²) in [4.78, 5) is 15.8. The Morgan fingerprint density at radius 2 is 1.90 bits per heavy atom. The van der Waals surface area contributed by atoms with E-state index in [0.717, 1.165) is 18.2 Å². The summed E-state index contributed by atoms with van der Waals surface area (Å²) in [6, 6.07) is 11.9. The summed E-state index contributed by atoms with van der Waals surface area (Å²) < 4.78 is 18.5. The number of hydrogen-bond acceptors (Lipinski definition) is 6. The molecule has 29 heavy (non-hydrogen) atoms. The van der Waals surface area contributed by atoms with Gasteiger partial charge in [-0.3, -0.25) is 4.79 Å². The molecule has 7 nitrogen and oxygen atoms in total. The Labute approximate surface area is 170 Å². The Kier molecular flexibility index (Phi) is 7.72. The van der Waals surface area contributed by atoms with Crippen LogP contribution in [-0.2, 0) is 16.1 Å². The number of carbonyl (C=O) groups excluding carboxylic acids is 1. The van der Waals surface area contributed by atoms with E-state index in [1.54, 1.807) is 18.5 Å². The maximum atomic E-state index is 11.5. The third-order valence-electron chi connectivity index (χ3n) is 4.41. The summed E-state index contributed by atoms with van der Waals surface area (Å²) in [6.07, 6.45) is 4.84. The molecule has 0 aliphatic heterocycles. The summed E-state index contributed by atoms with van der Waals surface area (Å²) in [6.45, 7) is 6.04. The predicted molar refractivity (Wildman–Crippen MR) is 110 cm³/mol. The molecule has 154 valence electrons. The molecule has 0 N–H and O–H groups in total. The second-order valence-electron chi connectivity index (χ2n) is 6.88. The number of carbonyl (C=O) groups is 1. The van der Waals surface area contributed by atoms with Crippen LogP contribution in [0.1, 0.15) is 37.0 Å². The van der Waals surface area contributed by atoms with Gasteiger partial charge in [-0.1, -0.05) is 30.3 Å². The van der Waals surface area contributed by atoms with Gasteiger partial charge in [-0.2, -0.15) is 9.78 Å². The molecule has 3 aromatic rings. The summed E-state index contributed by atoms with van der Waals surface area (Å²) in [7, 11) is 0. The van der Waals surface area contributed by atoms with Gasteiger partial charge in [-0.05, 0) is 18.9 Å². The van der Waals surface area contributed by atoms with Gasteiger partial charge in [0.05, 0.1) is 37.2 Å². The van der Waals surface area contributed by atoms with Gasteiger partial charge in [0.15, 0.2) is 0 Å². The van der Waals surface area contributed by atoms with E-state index < -0.39 is 0 Å². The minimum Gasteiger partial charge on any atom is -0.475 e. The van der Waals surface area contributed by atoms with Crippen molar-refractivity contribution < 1.29 is 19.0 Å². The molecule has 2 aromatic heterocycles. The topological polar surface area (TPSA) is 75.5 Å². The monoisotopic (exact) mass is 397 g/mol. The fourth-order valence-corrected chi connectivity index (χ4v) is 2.87. The Morgan fingerprint density at radius 1 is 1.10 bits per heavy atom. The second-order valence-corrected chi connectivity index (χ2v) is 6.88. The number of rotatable bonds is 11. The van der Waals surface area contributed by atoms with Crippen molar-refractivity contribution in [3.05, 3.63) is 54.4 Å². The minimum absolute atomic E-state index is 0.0304. The average molecular weight is 397 g/mol. The highest BCUT2D eigenvalue weighted by molar-refractivity contribution is 5.89. The van der Waals surface area contributed by atoms with Crippen molar-refractivity contribution in [3.8, 4) is 5.88 Å². The third kappa shape index (κ3) is 6.37. The number of fused-ring (bicyclic) bond motifs is 1. The lowest BCUT2D eigenvalue weighted by Crippen LogP contribution is -2.16. The molecule has 0 saturated heterocycles. The maximum Gasteiger partial charge on any atom is 0.244 e. The molecular weight excluding hydrogens is 370 g/mol. The van der Waals surface area contributed by atoms with Crippen LogP contribution in [0.15, 0.2) is 48.8 Å². The predicted octanol–water partition coefficient (Wildman–Crippen LogP) is 3.87. The first-order chi connectivity index (χ1) is 14.1. The van der Waals surface area contributed by atoms with Gasteiger partial charge in [0, 0.05) is 38.0 Å². The van der Waals surface area contributed by atoms with Gasteiger partial charge in [-0.25, -0.2) is 4.98 Å². The Hall–Kier alpha value is -2.77. The molecule has 0 unspecified atom stereocenters. The molecule has 0 aliphatic carbocycles. The molecule has 2 heterocycles. The van der Waals surface area contributed by atoms with Crippen LogP contribution in [0.4, 0.5) is 0 Å². The molecule has 0 radical (unpaired) electrons. The first kappa shape index (κ1) is 21.0. The quantitative estimate of drug-likeness (QED) is 0.457. The molecule has 0 bridgehead atoms. The van der Waals surface area contributed by atoms with E-state index in [9.17, 15) is 4.79 Å². The average Bonchev–Trinajstić information content (AvgIpc) is 3.14. The van der Waals surface area contributed by atoms with Crippen LogP contribution in [-0.4, -0.2) is 46.6 Å². The fourth-order valence-electron chi connectivity index (χ4n) is 2.87. The molecule has 1 aromatic carbocycles. The zero-order chi connectivity index (χ0) is 20.5. The molecule has 0 fully saturated rings. The van der Waals surface area contributed by atoms with Crippen LogP contribution in [0.5, 0.6) is 5.88 Å². The zero-order valence-electron chi connectivity index (χ0n) is 16.9. The van der Waals surface area contributed by atoms with Crippen molar-refractivity contribution in [3.63, 3.8) is 0 Å². The van der Waals surface area contributed by atoms with Crippen molar-refractivity contribution in [2.24, 2.45) is 0 Å². The van der Waals surface area contributed by atoms with Crippen molar-refractivity contribution >= 4 is 16.8 Å². The molecule has 0 saturated carbocycles. The van der Waals surface area contributed by atoms with Crippen LogP contribution in [0.25, 0.3) is 10.9 Å². The Morgan fingerprint density at radius 3 is 2.69 bits per heavy atom. The molecule has 0 spiro atoms. The number of aromatic nitrogens is 3. The Bertz CT molecular complexity index is 911. The second kappa shape index (κ2) is 10.7. The fraction of sp³-hybridized carbons (Fsp3) is 0.409. The van der Waals surface area contributed by atoms with E-state index in [1.807, 2.05) is 25.1 Å². The molecule has 0 aliphatic rings. The number of benzene rings is 1. The van der Waals surface area contributed by atoms with Crippen LogP contribution in [0.3, 0.4) is 0 Å². The summed E-state index contributed by atoms with van der Waals surface area (Å²) in [5, 5.41) is 4.89. The Balaban J connectivity index is 1.29. The van der Waals surface area contributed by atoms with Crippen LogP contribution in [0, 0.1) is 0 Å². The van der Waals surface area contributed by atoms with E-state index in [2.05, 4.69) is 22.2 Å². The molecular formula is C22H27N3O4. The first-order valence-electron chi connectivity index (χ1n) is 9.84. The highest BCUT2D eigenvalue weighted by Crippen LogP contribution is 2.19. The summed E-state index contributed by atoms with van der Waals surface area (Å²) >= 11 is 0. The number of nitrogens with zero attached hydrogens (tertiary/aromatic N) is 3. The first-order valence-corrected chi connectivity index (χ1v) is 9.84. The maximum absolute atomic E-state index is 11.5. The van der Waals surface area contributed by atoms with Crippen LogP contribution in [0.2, 0.25) is 0 Å². The molecule has 0 amide bonds. The zero-order valence-corrected chi connectivity index (χ0v) is 16.9. The van der Waals surface area contributed by atoms with Crippen molar-refractivity contribution in [2.75, 3.05) is 19.8 Å².